The molecule has 2 rings (SSSR count). The third-order valence-corrected chi connectivity index (χ3v) is 3.24. The maximum atomic E-state index is 12.1. The lowest BCUT2D eigenvalue weighted by atomic mass is 10.1. The number of benzene rings is 1. The van der Waals surface area contributed by atoms with Gasteiger partial charge in [-0.15, -0.1) is 0 Å². The number of aryl methyl sites for hydroxylation is 1. The maximum Gasteiger partial charge on any atom is 0.258 e. The highest BCUT2D eigenvalue weighted by Crippen LogP contribution is 2.18. The quantitative estimate of drug-likeness (QED) is 0.904. The Bertz CT molecular complexity index is 704. The molecule has 0 saturated heterocycles. The summed E-state index contributed by atoms with van der Waals surface area (Å²) in [7, 11) is 3.40. The molecular formula is C16H19N3O3. The molecule has 0 spiro atoms. The number of hydrogen-bond donors (Lipinski definition) is 2. The minimum atomic E-state index is -0.283. The van der Waals surface area contributed by atoms with Crippen molar-refractivity contribution in [1.29, 1.82) is 0 Å². The largest absolute Gasteiger partial charge is 0.467 e. The van der Waals surface area contributed by atoms with E-state index < -0.39 is 0 Å². The van der Waals surface area contributed by atoms with Gasteiger partial charge < -0.3 is 20.4 Å². The molecule has 2 aromatic rings. The van der Waals surface area contributed by atoms with Crippen molar-refractivity contribution < 1.29 is 14.0 Å². The summed E-state index contributed by atoms with van der Waals surface area (Å²) >= 11 is 0. The van der Waals surface area contributed by atoms with Gasteiger partial charge in [-0.3, -0.25) is 9.59 Å². The fourth-order valence-electron chi connectivity index (χ4n) is 2.03. The molecule has 0 aliphatic rings. The highest BCUT2D eigenvalue weighted by molar-refractivity contribution is 6.04. The van der Waals surface area contributed by atoms with Gasteiger partial charge in [0.05, 0.1) is 12.1 Å². The molecule has 0 saturated carbocycles. The van der Waals surface area contributed by atoms with E-state index in [2.05, 4.69) is 5.32 Å². The minimum absolute atomic E-state index is 0.0715. The summed E-state index contributed by atoms with van der Waals surface area (Å²) < 4.78 is 5.14. The Morgan fingerprint density at radius 3 is 2.55 bits per heavy atom. The van der Waals surface area contributed by atoms with Crippen LogP contribution in [0.15, 0.2) is 34.9 Å². The summed E-state index contributed by atoms with van der Waals surface area (Å²) in [5.74, 6) is 0.195. The highest BCUT2D eigenvalue weighted by atomic mass is 16.3. The summed E-state index contributed by atoms with van der Waals surface area (Å²) in [5.41, 5.74) is 7.88. The Kier molecular flexibility index (Phi) is 4.62. The zero-order valence-corrected chi connectivity index (χ0v) is 12.8. The second-order valence-electron chi connectivity index (χ2n) is 5.19. The van der Waals surface area contributed by atoms with E-state index in [1.165, 1.54) is 11.2 Å². The van der Waals surface area contributed by atoms with Gasteiger partial charge >= 0.3 is 0 Å². The van der Waals surface area contributed by atoms with E-state index >= 15 is 0 Å². The normalized spacial score (nSPS) is 10.4. The first-order chi connectivity index (χ1) is 10.4. The van der Waals surface area contributed by atoms with E-state index in [4.69, 9.17) is 10.2 Å². The third-order valence-electron chi connectivity index (χ3n) is 3.24. The van der Waals surface area contributed by atoms with Gasteiger partial charge in [-0.1, -0.05) is 0 Å². The molecule has 0 atom stereocenters. The second kappa shape index (κ2) is 6.44. The predicted octanol–water partition coefficient (Wildman–Crippen LogP) is 2.00. The van der Waals surface area contributed by atoms with Crippen LogP contribution in [0.1, 0.15) is 32.0 Å². The lowest BCUT2D eigenvalue weighted by molar-refractivity contribution is 0.0826. The Morgan fingerprint density at radius 1 is 1.27 bits per heavy atom. The van der Waals surface area contributed by atoms with Crippen LogP contribution >= 0.6 is 0 Å². The van der Waals surface area contributed by atoms with E-state index in [1.807, 2.05) is 6.92 Å². The SMILES string of the molecule is Cc1cc(NC(=O)c2coc(CN)c2)ccc1C(=O)N(C)C. The molecule has 6 nitrogen and oxygen atoms in total. The standard InChI is InChI=1S/C16H19N3O3/c1-10-6-12(4-5-14(10)16(21)19(2)3)18-15(20)11-7-13(8-17)22-9-11/h4-7,9H,8,17H2,1-3H3,(H,18,20). The van der Waals surface area contributed by atoms with Crippen LogP contribution in [0.3, 0.4) is 0 Å². The lowest BCUT2D eigenvalue weighted by Gasteiger charge is -2.13. The number of furan rings is 1. The van der Waals surface area contributed by atoms with Crippen LogP contribution in [0.2, 0.25) is 0 Å². The van der Waals surface area contributed by atoms with Gasteiger partial charge in [0.25, 0.3) is 11.8 Å². The van der Waals surface area contributed by atoms with Crippen molar-refractivity contribution in [1.82, 2.24) is 4.90 Å². The fourth-order valence-corrected chi connectivity index (χ4v) is 2.03. The number of nitrogens with zero attached hydrogens (tertiary/aromatic N) is 1. The summed E-state index contributed by atoms with van der Waals surface area (Å²) in [6, 6.07) is 6.77. The topological polar surface area (TPSA) is 88.6 Å². The molecule has 22 heavy (non-hydrogen) atoms. The summed E-state index contributed by atoms with van der Waals surface area (Å²) in [5, 5.41) is 2.77. The first-order valence-corrected chi connectivity index (χ1v) is 6.83. The first kappa shape index (κ1) is 15.8. The van der Waals surface area contributed by atoms with E-state index in [-0.39, 0.29) is 18.4 Å². The monoisotopic (exact) mass is 301 g/mol. The van der Waals surface area contributed by atoms with Crippen molar-refractivity contribution in [3.63, 3.8) is 0 Å². The van der Waals surface area contributed by atoms with Gasteiger partial charge in [0.1, 0.15) is 12.0 Å². The Morgan fingerprint density at radius 2 is 2.00 bits per heavy atom. The van der Waals surface area contributed by atoms with Crippen LogP contribution < -0.4 is 11.1 Å². The van der Waals surface area contributed by atoms with Crippen LogP contribution in [-0.2, 0) is 6.54 Å². The molecule has 1 aromatic carbocycles. The summed E-state index contributed by atoms with van der Waals surface area (Å²) in [6.45, 7) is 2.07. The van der Waals surface area contributed by atoms with Gasteiger partial charge in [-0.05, 0) is 36.8 Å². The number of hydrogen-bond acceptors (Lipinski definition) is 4. The van der Waals surface area contributed by atoms with Crippen LogP contribution in [0.4, 0.5) is 5.69 Å². The molecule has 0 aliphatic carbocycles. The van der Waals surface area contributed by atoms with Gasteiger partial charge in [-0.25, -0.2) is 0 Å². The Hall–Kier alpha value is -2.60. The highest BCUT2D eigenvalue weighted by Gasteiger charge is 2.13. The minimum Gasteiger partial charge on any atom is -0.467 e. The molecule has 0 fully saturated rings. The molecule has 116 valence electrons. The number of carbonyl (C=O) groups is 2. The van der Waals surface area contributed by atoms with Gasteiger partial charge in [-0.2, -0.15) is 0 Å². The molecule has 0 bridgehead atoms. The number of nitrogens with two attached hydrogens (primary N) is 1. The molecule has 0 unspecified atom stereocenters. The van der Waals surface area contributed by atoms with E-state index in [0.29, 0.717) is 22.6 Å². The van der Waals surface area contributed by atoms with Crippen LogP contribution in [0.5, 0.6) is 0 Å². The molecule has 2 amide bonds. The van der Waals surface area contributed by atoms with Crippen molar-refractivity contribution in [2.75, 3.05) is 19.4 Å². The number of anilines is 1. The van der Waals surface area contributed by atoms with Gasteiger partial charge in [0.2, 0.25) is 0 Å². The van der Waals surface area contributed by atoms with Crippen molar-refractivity contribution in [2.24, 2.45) is 5.73 Å². The number of amides is 2. The number of nitrogens with one attached hydrogen (secondary N) is 1. The van der Waals surface area contributed by atoms with E-state index in [9.17, 15) is 9.59 Å². The lowest BCUT2D eigenvalue weighted by Crippen LogP contribution is -2.22. The molecular weight excluding hydrogens is 282 g/mol. The second-order valence-corrected chi connectivity index (χ2v) is 5.19. The van der Waals surface area contributed by atoms with Crippen LogP contribution in [0, 0.1) is 6.92 Å². The molecule has 0 radical (unpaired) electrons. The van der Waals surface area contributed by atoms with E-state index in [0.717, 1.165) is 5.56 Å². The number of carbonyl (C=O) groups excluding carboxylic acids is 2. The van der Waals surface area contributed by atoms with Gasteiger partial charge in [0.15, 0.2) is 0 Å². The van der Waals surface area contributed by atoms with Crippen molar-refractivity contribution in [2.45, 2.75) is 13.5 Å². The van der Waals surface area contributed by atoms with Crippen molar-refractivity contribution in [3.05, 3.63) is 53.0 Å². The molecule has 1 aromatic heterocycles. The predicted molar refractivity (Wildman–Crippen MR) is 83.7 cm³/mol. The van der Waals surface area contributed by atoms with E-state index in [1.54, 1.807) is 38.4 Å². The molecule has 0 aliphatic heterocycles. The van der Waals surface area contributed by atoms with Crippen LogP contribution in [0.25, 0.3) is 0 Å². The Labute approximate surface area is 128 Å². The average molecular weight is 301 g/mol. The van der Waals surface area contributed by atoms with Gasteiger partial charge in [0, 0.05) is 25.3 Å². The average Bonchev–Trinajstić information content (AvgIpc) is 2.95. The first-order valence-electron chi connectivity index (χ1n) is 6.83. The molecule has 3 N–H and O–H groups in total. The fraction of sp³-hybridized carbons (Fsp3) is 0.250. The molecule has 1 heterocycles. The summed E-state index contributed by atoms with van der Waals surface area (Å²) in [4.78, 5) is 25.6. The zero-order chi connectivity index (χ0) is 16.3. The smallest absolute Gasteiger partial charge is 0.258 e. The third kappa shape index (κ3) is 3.35. The van der Waals surface area contributed by atoms with Crippen LogP contribution in [-0.4, -0.2) is 30.8 Å². The van der Waals surface area contributed by atoms with Crippen molar-refractivity contribution >= 4 is 17.5 Å². The number of rotatable bonds is 4. The van der Waals surface area contributed by atoms with Crippen molar-refractivity contribution in [3.8, 4) is 0 Å². The summed E-state index contributed by atoms with van der Waals surface area (Å²) in [6.07, 6.45) is 1.37. The molecule has 6 heteroatoms. The Balaban J connectivity index is 2.15. The zero-order valence-electron chi connectivity index (χ0n) is 12.8. The maximum absolute atomic E-state index is 12.1.